The summed E-state index contributed by atoms with van der Waals surface area (Å²) < 4.78 is 0. The number of carbonyl (C=O) groups is 1. The van der Waals surface area contributed by atoms with E-state index in [0.717, 1.165) is 5.69 Å². The summed E-state index contributed by atoms with van der Waals surface area (Å²) in [5.41, 5.74) is 3.30. The first-order chi connectivity index (χ1) is 11.1. The van der Waals surface area contributed by atoms with Gasteiger partial charge >= 0.3 is 0 Å². The first kappa shape index (κ1) is 15.8. The van der Waals surface area contributed by atoms with Crippen LogP contribution in [0.25, 0.3) is 0 Å². The fraction of sp³-hybridized carbons (Fsp3) is 0.350. The molecule has 0 unspecified atom stereocenters. The van der Waals surface area contributed by atoms with Crippen LogP contribution in [0, 0.1) is 12.8 Å². The number of anilines is 1. The molecule has 23 heavy (non-hydrogen) atoms. The maximum Gasteiger partial charge on any atom is 0.241 e. The van der Waals surface area contributed by atoms with Crippen LogP contribution in [0.1, 0.15) is 36.9 Å². The largest absolute Gasteiger partial charge is 0.325 e. The molecule has 0 aromatic heterocycles. The maximum atomic E-state index is 12.4. The molecule has 2 aromatic carbocycles. The third kappa shape index (κ3) is 4.20. The lowest BCUT2D eigenvalue weighted by Gasteiger charge is -2.23. The van der Waals surface area contributed by atoms with Crippen LogP contribution in [-0.2, 0) is 4.79 Å². The summed E-state index contributed by atoms with van der Waals surface area (Å²) in [5.74, 6) is 0.655. The number of carbonyl (C=O) groups excluding carboxylic acids is 1. The van der Waals surface area contributed by atoms with Crippen molar-refractivity contribution in [2.75, 3.05) is 5.32 Å². The third-order valence-electron chi connectivity index (χ3n) is 4.39. The Kier molecular flexibility index (Phi) is 4.77. The van der Waals surface area contributed by atoms with Gasteiger partial charge in [-0.1, -0.05) is 48.0 Å². The van der Waals surface area contributed by atoms with Crippen LogP contribution < -0.4 is 10.6 Å². The van der Waals surface area contributed by atoms with E-state index in [2.05, 4.69) is 34.9 Å². The Morgan fingerprint density at radius 2 is 1.70 bits per heavy atom. The minimum absolute atomic E-state index is 0.00966. The van der Waals surface area contributed by atoms with Crippen LogP contribution in [0.3, 0.4) is 0 Å². The van der Waals surface area contributed by atoms with Gasteiger partial charge in [0.1, 0.15) is 0 Å². The van der Waals surface area contributed by atoms with Crippen LogP contribution in [0.15, 0.2) is 54.6 Å². The van der Waals surface area contributed by atoms with Gasteiger partial charge in [-0.15, -0.1) is 0 Å². The number of aryl methyl sites for hydroxylation is 1. The number of hydrogen-bond donors (Lipinski definition) is 2. The molecular formula is C20H24N2O. The van der Waals surface area contributed by atoms with Crippen molar-refractivity contribution in [3.8, 4) is 0 Å². The highest BCUT2D eigenvalue weighted by molar-refractivity contribution is 5.94. The van der Waals surface area contributed by atoms with Gasteiger partial charge in [0.2, 0.25) is 5.91 Å². The molecule has 0 saturated heterocycles. The van der Waals surface area contributed by atoms with Crippen molar-refractivity contribution in [3.63, 3.8) is 0 Å². The normalized spacial score (nSPS) is 16.6. The van der Waals surface area contributed by atoms with Gasteiger partial charge in [0.25, 0.3) is 0 Å². The molecule has 1 aliphatic rings. The van der Waals surface area contributed by atoms with Gasteiger partial charge in [0.05, 0.1) is 6.04 Å². The van der Waals surface area contributed by atoms with Crippen LogP contribution in [0.5, 0.6) is 0 Å². The highest BCUT2D eigenvalue weighted by Gasteiger charge is 2.33. The molecule has 3 heteroatoms. The fourth-order valence-corrected chi connectivity index (χ4v) is 2.83. The van der Waals surface area contributed by atoms with Crippen molar-refractivity contribution < 1.29 is 4.79 Å². The number of rotatable bonds is 6. The van der Waals surface area contributed by atoms with Crippen molar-refractivity contribution >= 4 is 11.6 Å². The number of benzene rings is 2. The number of nitrogens with one attached hydrogen (secondary N) is 2. The predicted octanol–water partition coefficient (Wildman–Crippen LogP) is 4.06. The molecule has 120 valence electrons. The van der Waals surface area contributed by atoms with Crippen molar-refractivity contribution in [1.82, 2.24) is 5.32 Å². The molecule has 0 spiro atoms. The van der Waals surface area contributed by atoms with Crippen LogP contribution in [-0.4, -0.2) is 11.9 Å². The molecule has 1 amide bonds. The second kappa shape index (κ2) is 6.97. The first-order valence-electron chi connectivity index (χ1n) is 8.32. The van der Waals surface area contributed by atoms with Crippen LogP contribution in [0.2, 0.25) is 0 Å². The Hall–Kier alpha value is -2.13. The minimum Gasteiger partial charge on any atom is -0.325 e. The van der Waals surface area contributed by atoms with E-state index < -0.39 is 0 Å². The van der Waals surface area contributed by atoms with Gasteiger partial charge < -0.3 is 5.32 Å². The van der Waals surface area contributed by atoms with Gasteiger partial charge in [-0.2, -0.15) is 0 Å². The molecule has 0 bridgehead atoms. The summed E-state index contributed by atoms with van der Waals surface area (Å²) in [4.78, 5) is 12.4. The topological polar surface area (TPSA) is 41.1 Å². The van der Waals surface area contributed by atoms with E-state index in [0.29, 0.717) is 5.92 Å². The second-order valence-corrected chi connectivity index (χ2v) is 6.47. The van der Waals surface area contributed by atoms with Gasteiger partial charge in [0.15, 0.2) is 0 Å². The molecule has 2 N–H and O–H groups in total. The number of amides is 1. The highest BCUT2D eigenvalue weighted by Crippen LogP contribution is 2.41. The van der Waals surface area contributed by atoms with Crippen LogP contribution in [0.4, 0.5) is 5.69 Å². The molecular weight excluding hydrogens is 284 g/mol. The van der Waals surface area contributed by atoms with E-state index in [1.54, 1.807) is 0 Å². The second-order valence-electron chi connectivity index (χ2n) is 6.47. The van der Waals surface area contributed by atoms with Crippen LogP contribution >= 0.6 is 0 Å². The van der Waals surface area contributed by atoms with Crippen molar-refractivity contribution in [1.29, 1.82) is 0 Å². The van der Waals surface area contributed by atoms with Gasteiger partial charge in [0, 0.05) is 11.7 Å². The van der Waals surface area contributed by atoms with E-state index in [1.807, 2.05) is 44.2 Å². The lowest BCUT2D eigenvalue weighted by atomic mass is 10.0. The molecule has 1 saturated carbocycles. The lowest BCUT2D eigenvalue weighted by molar-refractivity contribution is -0.118. The summed E-state index contributed by atoms with van der Waals surface area (Å²) in [7, 11) is 0. The summed E-state index contributed by atoms with van der Waals surface area (Å²) in [6.07, 6.45) is 2.47. The minimum atomic E-state index is -0.234. The third-order valence-corrected chi connectivity index (χ3v) is 4.39. The van der Waals surface area contributed by atoms with E-state index in [9.17, 15) is 4.79 Å². The maximum absolute atomic E-state index is 12.4. The molecule has 0 radical (unpaired) electrons. The van der Waals surface area contributed by atoms with E-state index >= 15 is 0 Å². The predicted molar refractivity (Wildman–Crippen MR) is 94.3 cm³/mol. The van der Waals surface area contributed by atoms with Gasteiger partial charge in [-0.25, -0.2) is 0 Å². The average Bonchev–Trinajstić information content (AvgIpc) is 3.40. The summed E-state index contributed by atoms with van der Waals surface area (Å²) >= 11 is 0. The Bertz CT molecular complexity index is 647. The molecule has 3 rings (SSSR count). The zero-order chi connectivity index (χ0) is 16.2. The smallest absolute Gasteiger partial charge is 0.241 e. The molecule has 1 aliphatic carbocycles. The SMILES string of the molecule is Cc1ccc(NC(=O)[C@@H](C)N[C@H](c2ccccc2)C2CC2)cc1. The fourth-order valence-electron chi connectivity index (χ4n) is 2.83. The summed E-state index contributed by atoms with van der Waals surface area (Å²) in [6, 6.07) is 18.3. The van der Waals surface area contributed by atoms with Gasteiger partial charge in [-0.05, 0) is 50.3 Å². The Labute approximate surface area is 138 Å². The average molecular weight is 308 g/mol. The highest BCUT2D eigenvalue weighted by atomic mass is 16.2. The number of hydrogen-bond acceptors (Lipinski definition) is 2. The molecule has 0 heterocycles. The molecule has 2 aromatic rings. The van der Waals surface area contributed by atoms with Gasteiger partial charge in [-0.3, -0.25) is 10.1 Å². The first-order valence-corrected chi connectivity index (χ1v) is 8.32. The van der Waals surface area contributed by atoms with E-state index in [-0.39, 0.29) is 18.0 Å². The van der Waals surface area contributed by atoms with Crippen molar-refractivity contribution in [3.05, 3.63) is 65.7 Å². The quantitative estimate of drug-likeness (QED) is 0.845. The van der Waals surface area contributed by atoms with E-state index in [4.69, 9.17) is 0 Å². The summed E-state index contributed by atoms with van der Waals surface area (Å²) in [5, 5.41) is 6.50. The Morgan fingerprint density at radius 3 is 2.30 bits per heavy atom. The molecule has 1 fully saturated rings. The zero-order valence-electron chi connectivity index (χ0n) is 13.8. The Balaban J connectivity index is 1.63. The monoisotopic (exact) mass is 308 g/mol. The lowest BCUT2D eigenvalue weighted by Crippen LogP contribution is -2.40. The van der Waals surface area contributed by atoms with E-state index in [1.165, 1.54) is 24.0 Å². The Morgan fingerprint density at radius 1 is 1.04 bits per heavy atom. The molecule has 2 atom stereocenters. The van der Waals surface area contributed by atoms with Crippen molar-refractivity contribution in [2.24, 2.45) is 5.92 Å². The molecule has 3 nitrogen and oxygen atoms in total. The summed E-state index contributed by atoms with van der Waals surface area (Å²) in [6.45, 7) is 3.97. The zero-order valence-corrected chi connectivity index (χ0v) is 13.8. The standard InChI is InChI=1S/C20H24N2O/c1-14-8-12-18(13-9-14)22-20(23)15(2)21-19(17-10-11-17)16-6-4-3-5-7-16/h3-9,12-13,15,17,19,21H,10-11H2,1-2H3,(H,22,23)/t15-,19-/m1/s1. The molecule has 0 aliphatic heterocycles. The van der Waals surface area contributed by atoms with Crippen molar-refractivity contribution in [2.45, 2.75) is 38.8 Å².